The Morgan fingerprint density at radius 3 is 2.72 bits per heavy atom. The number of piperidine rings is 1. The molecule has 4 rings (SSSR count). The second kappa shape index (κ2) is 8.10. The molecule has 3 aromatic rings. The van der Waals surface area contributed by atoms with Crippen molar-refractivity contribution in [2.45, 2.75) is 45.6 Å². The van der Waals surface area contributed by atoms with Crippen LogP contribution in [0.3, 0.4) is 0 Å². The zero-order valence-electron chi connectivity index (χ0n) is 16.9. The Morgan fingerprint density at radius 1 is 1.24 bits per heavy atom. The maximum absolute atomic E-state index is 13.4. The summed E-state index contributed by atoms with van der Waals surface area (Å²) in [6.07, 6.45) is 1.82. The quantitative estimate of drug-likeness (QED) is 0.654. The molecule has 0 aliphatic carbocycles. The maximum atomic E-state index is 13.4. The second-order valence-electron chi connectivity index (χ2n) is 7.79. The van der Waals surface area contributed by atoms with Crippen molar-refractivity contribution >= 4 is 5.91 Å². The molecule has 0 bridgehead atoms. The average molecular weight is 395 g/mol. The Labute approximate surface area is 169 Å². The molecule has 2 atom stereocenters. The monoisotopic (exact) mass is 395 g/mol. The summed E-state index contributed by atoms with van der Waals surface area (Å²) in [7, 11) is 0. The third-order valence-corrected chi connectivity index (χ3v) is 5.22. The lowest BCUT2D eigenvalue weighted by atomic mass is 9.95. The first kappa shape index (κ1) is 19.2. The summed E-state index contributed by atoms with van der Waals surface area (Å²) in [5.74, 6) is 1.81. The predicted octanol–water partition coefficient (Wildman–Crippen LogP) is 2.63. The van der Waals surface area contributed by atoms with E-state index in [2.05, 4.69) is 25.6 Å². The molecule has 1 aromatic carbocycles. The zero-order chi connectivity index (χ0) is 20.4. The summed E-state index contributed by atoms with van der Waals surface area (Å²) >= 11 is 0. The van der Waals surface area contributed by atoms with Gasteiger partial charge in [-0.2, -0.15) is 9.78 Å². The van der Waals surface area contributed by atoms with Gasteiger partial charge in [-0.1, -0.05) is 49.3 Å². The van der Waals surface area contributed by atoms with E-state index in [-0.39, 0.29) is 17.7 Å². The lowest BCUT2D eigenvalue weighted by Crippen LogP contribution is -2.44. The molecular weight excluding hydrogens is 370 g/mol. The van der Waals surface area contributed by atoms with E-state index in [1.54, 1.807) is 6.92 Å². The number of rotatable bonds is 5. The van der Waals surface area contributed by atoms with Gasteiger partial charge in [0.2, 0.25) is 17.6 Å². The van der Waals surface area contributed by atoms with E-state index in [0.717, 1.165) is 18.4 Å². The molecule has 1 aliphatic heterocycles. The molecule has 2 aromatic heterocycles. The first-order valence-corrected chi connectivity index (χ1v) is 9.97. The van der Waals surface area contributed by atoms with Gasteiger partial charge in [0.1, 0.15) is 0 Å². The Balaban J connectivity index is 1.54. The SMILES string of the molecule is Cc1noc(C2CCCN(C(=O)C(C(C)C)n3nnc(-c4ccccc4)n3)C2)n1. The number of amides is 1. The van der Waals surface area contributed by atoms with Crippen molar-refractivity contribution in [3.8, 4) is 11.4 Å². The summed E-state index contributed by atoms with van der Waals surface area (Å²) in [6, 6.07) is 9.13. The summed E-state index contributed by atoms with van der Waals surface area (Å²) < 4.78 is 5.34. The average Bonchev–Trinajstić information content (AvgIpc) is 3.38. The van der Waals surface area contributed by atoms with Crippen LogP contribution in [0.4, 0.5) is 0 Å². The largest absolute Gasteiger partial charge is 0.340 e. The van der Waals surface area contributed by atoms with Crippen LogP contribution in [-0.4, -0.2) is 54.2 Å². The van der Waals surface area contributed by atoms with Gasteiger partial charge in [0.15, 0.2) is 11.9 Å². The number of likely N-dealkylation sites (tertiary alicyclic amines) is 1. The molecule has 152 valence electrons. The van der Waals surface area contributed by atoms with Crippen molar-refractivity contribution < 1.29 is 9.32 Å². The van der Waals surface area contributed by atoms with Crippen LogP contribution in [0.15, 0.2) is 34.9 Å². The molecule has 0 spiro atoms. The van der Waals surface area contributed by atoms with Crippen molar-refractivity contribution in [3.05, 3.63) is 42.0 Å². The number of tetrazole rings is 1. The molecule has 2 unspecified atom stereocenters. The van der Waals surface area contributed by atoms with Gasteiger partial charge in [-0.3, -0.25) is 4.79 Å². The van der Waals surface area contributed by atoms with Crippen LogP contribution < -0.4 is 0 Å². The molecule has 1 fully saturated rings. The van der Waals surface area contributed by atoms with Crippen molar-refractivity contribution in [2.75, 3.05) is 13.1 Å². The number of hydrogen-bond donors (Lipinski definition) is 0. The van der Waals surface area contributed by atoms with Crippen molar-refractivity contribution in [3.63, 3.8) is 0 Å². The lowest BCUT2D eigenvalue weighted by molar-refractivity contribution is -0.138. The van der Waals surface area contributed by atoms with Crippen LogP contribution >= 0.6 is 0 Å². The van der Waals surface area contributed by atoms with Crippen LogP contribution in [0.25, 0.3) is 11.4 Å². The van der Waals surface area contributed by atoms with E-state index >= 15 is 0 Å². The van der Waals surface area contributed by atoms with Gasteiger partial charge in [0, 0.05) is 18.7 Å². The highest BCUT2D eigenvalue weighted by molar-refractivity contribution is 5.80. The van der Waals surface area contributed by atoms with E-state index in [1.165, 1.54) is 4.80 Å². The van der Waals surface area contributed by atoms with Crippen LogP contribution in [-0.2, 0) is 4.79 Å². The first-order valence-electron chi connectivity index (χ1n) is 9.97. The minimum absolute atomic E-state index is 0.00190. The number of benzene rings is 1. The van der Waals surface area contributed by atoms with Crippen LogP contribution in [0.2, 0.25) is 0 Å². The highest BCUT2D eigenvalue weighted by atomic mass is 16.5. The lowest BCUT2D eigenvalue weighted by Gasteiger charge is -2.34. The van der Waals surface area contributed by atoms with Gasteiger partial charge in [-0.05, 0) is 30.9 Å². The second-order valence-corrected chi connectivity index (χ2v) is 7.79. The third kappa shape index (κ3) is 4.03. The van der Waals surface area contributed by atoms with Crippen LogP contribution in [0, 0.1) is 12.8 Å². The van der Waals surface area contributed by atoms with Gasteiger partial charge >= 0.3 is 0 Å². The maximum Gasteiger partial charge on any atom is 0.249 e. The highest BCUT2D eigenvalue weighted by Gasteiger charge is 2.35. The molecule has 1 amide bonds. The van der Waals surface area contributed by atoms with Crippen LogP contribution in [0.5, 0.6) is 0 Å². The van der Waals surface area contributed by atoms with Crippen molar-refractivity contribution in [1.82, 2.24) is 35.2 Å². The van der Waals surface area contributed by atoms with E-state index < -0.39 is 6.04 Å². The molecule has 0 saturated carbocycles. The van der Waals surface area contributed by atoms with E-state index in [4.69, 9.17) is 4.52 Å². The summed E-state index contributed by atoms with van der Waals surface area (Å²) in [6.45, 7) is 7.05. The topological polar surface area (TPSA) is 103 Å². The van der Waals surface area contributed by atoms with E-state index in [0.29, 0.717) is 30.6 Å². The summed E-state index contributed by atoms with van der Waals surface area (Å²) in [5.41, 5.74) is 0.874. The molecule has 0 N–H and O–H groups in total. The molecule has 9 heteroatoms. The minimum Gasteiger partial charge on any atom is -0.340 e. The van der Waals surface area contributed by atoms with Gasteiger partial charge in [-0.25, -0.2) is 0 Å². The zero-order valence-corrected chi connectivity index (χ0v) is 16.9. The Morgan fingerprint density at radius 2 is 2.03 bits per heavy atom. The number of carbonyl (C=O) groups is 1. The standard InChI is InChI=1S/C20H25N7O2/c1-13(2)17(27-23-18(22-25-27)15-8-5-4-6-9-15)20(28)26-11-7-10-16(12-26)19-21-14(3)24-29-19/h4-6,8-9,13,16-17H,7,10-12H2,1-3H3. The predicted molar refractivity (Wildman–Crippen MR) is 105 cm³/mol. The molecule has 0 radical (unpaired) electrons. The molecule has 29 heavy (non-hydrogen) atoms. The number of carbonyl (C=O) groups excluding carboxylic acids is 1. The van der Waals surface area contributed by atoms with E-state index in [9.17, 15) is 4.79 Å². The molecule has 9 nitrogen and oxygen atoms in total. The fraction of sp³-hybridized carbons (Fsp3) is 0.500. The summed E-state index contributed by atoms with van der Waals surface area (Å²) in [4.78, 5) is 21.1. The number of aryl methyl sites for hydroxylation is 1. The third-order valence-electron chi connectivity index (χ3n) is 5.22. The van der Waals surface area contributed by atoms with Gasteiger partial charge in [0.05, 0.1) is 5.92 Å². The molecule has 3 heterocycles. The number of hydrogen-bond acceptors (Lipinski definition) is 7. The van der Waals surface area contributed by atoms with Crippen molar-refractivity contribution in [1.29, 1.82) is 0 Å². The Kier molecular flexibility index (Phi) is 5.37. The Bertz CT molecular complexity index is 966. The van der Waals surface area contributed by atoms with Crippen LogP contribution in [0.1, 0.15) is 50.4 Å². The normalized spacial score (nSPS) is 18.2. The summed E-state index contributed by atoms with van der Waals surface area (Å²) in [5, 5.41) is 16.7. The van der Waals surface area contributed by atoms with E-state index in [1.807, 2.05) is 49.1 Å². The van der Waals surface area contributed by atoms with Gasteiger partial charge in [-0.15, -0.1) is 10.2 Å². The molecular formula is C20H25N7O2. The fourth-order valence-electron chi connectivity index (χ4n) is 3.74. The van der Waals surface area contributed by atoms with Gasteiger partial charge < -0.3 is 9.42 Å². The van der Waals surface area contributed by atoms with Gasteiger partial charge in [0.25, 0.3) is 0 Å². The fourth-order valence-corrected chi connectivity index (χ4v) is 3.74. The Hall–Kier alpha value is -3.10. The highest BCUT2D eigenvalue weighted by Crippen LogP contribution is 2.29. The smallest absolute Gasteiger partial charge is 0.249 e. The minimum atomic E-state index is -0.511. The molecule has 1 aliphatic rings. The number of nitrogens with zero attached hydrogens (tertiary/aromatic N) is 7. The first-order chi connectivity index (χ1) is 14.0. The van der Waals surface area contributed by atoms with Crippen molar-refractivity contribution in [2.24, 2.45) is 5.92 Å². The number of aromatic nitrogens is 6. The molecule has 1 saturated heterocycles.